The van der Waals surface area contributed by atoms with Gasteiger partial charge in [0.2, 0.25) is 5.91 Å². The Morgan fingerprint density at radius 1 is 1.05 bits per heavy atom. The summed E-state index contributed by atoms with van der Waals surface area (Å²) in [5.74, 6) is 1.48. The molecule has 0 aliphatic carbocycles. The Morgan fingerprint density at radius 3 is 2.36 bits per heavy atom. The summed E-state index contributed by atoms with van der Waals surface area (Å²) in [6.07, 6.45) is 1.41. The number of amides is 1. The first-order valence-corrected chi connectivity index (χ1v) is 7.55. The maximum Gasteiger partial charge on any atom is 0.225 e. The van der Waals surface area contributed by atoms with Crippen LogP contribution in [0.2, 0.25) is 0 Å². The molecule has 2 rings (SSSR count). The van der Waals surface area contributed by atoms with Gasteiger partial charge in [0.05, 0.1) is 0 Å². The van der Waals surface area contributed by atoms with Gasteiger partial charge in [0.15, 0.2) is 5.82 Å². The molecule has 0 saturated carbocycles. The van der Waals surface area contributed by atoms with Gasteiger partial charge in [-0.25, -0.2) is 0 Å². The van der Waals surface area contributed by atoms with Crippen molar-refractivity contribution in [3.05, 3.63) is 48.0 Å². The van der Waals surface area contributed by atoms with Gasteiger partial charge in [-0.1, -0.05) is 44.2 Å². The van der Waals surface area contributed by atoms with Crippen molar-refractivity contribution < 1.29 is 4.79 Å². The monoisotopic (exact) mass is 298 g/mol. The second-order valence-corrected chi connectivity index (χ2v) is 5.61. The number of nitrogens with one attached hydrogen (secondary N) is 2. The zero-order valence-electron chi connectivity index (χ0n) is 13.0. The lowest BCUT2D eigenvalue weighted by molar-refractivity contribution is -0.116. The van der Waals surface area contributed by atoms with Crippen molar-refractivity contribution in [2.24, 2.45) is 5.92 Å². The lowest BCUT2D eigenvalue weighted by Gasteiger charge is -2.07. The Morgan fingerprint density at radius 2 is 1.73 bits per heavy atom. The molecule has 5 nitrogen and oxygen atoms in total. The molecule has 1 amide bonds. The van der Waals surface area contributed by atoms with Crippen LogP contribution in [0.4, 0.5) is 11.6 Å². The first-order chi connectivity index (χ1) is 10.6. The van der Waals surface area contributed by atoms with E-state index in [1.807, 2.05) is 38.1 Å². The van der Waals surface area contributed by atoms with Gasteiger partial charge < -0.3 is 10.6 Å². The van der Waals surface area contributed by atoms with Gasteiger partial charge in [-0.3, -0.25) is 4.79 Å². The molecule has 0 aliphatic heterocycles. The van der Waals surface area contributed by atoms with E-state index in [1.165, 1.54) is 5.56 Å². The third-order valence-corrected chi connectivity index (χ3v) is 3.09. The summed E-state index contributed by atoms with van der Waals surface area (Å²) < 4.78 is 0. The maximum absolute atomic E-state index is 11.6. The van der Waals surface area contributed by atoms with Crippen molar-refractivity contribution in [3.8, 4) is 0 Å². The summed E-state index contributed by atoms with van der Waals surface area (Å²) in [5, 5.41) is 14.0. The second-order valence-electron chi connectivity index (χ2n) is 5.61. The van der Waals surface area contributed by atoms with E-state index >= 15 is 0 Å². The highest BCUT2D eigenvalue weighted by Crippen LogP contribution is 2.08. The first-order valence-electron chi connectivity index (χ1n) is 7.55. The lowest BCUT2D eigenvalue weighted by Crippen LogP contribution is -2.15. The number of hydrogen-bond acceptors (Lipinski definition) is 4. The molecule has 0 saturated heterocycles. The van der Waals surface area contributed by atoms with Crippen LogP contribution in [0.15, 0.2) is 42.5 Å². The van der Waals surface area contributed by atoms with Crippen molar-refractivity contribution in [2.45, 2.75) is 26.7 Å². The van der Waals surface area contributed by atoms with Gasteiger partial charge in [0.1, 0.15) is 5.82 Å². The molecular formula is C17H22N4O. The Labute approximate surface area is 131 Å². The van der Waals surface area contributed by atoms with E-state index in [-0.39, 0.29) is 5.91 Å². The van der Waals surface area contributed by atoms with Crippen molar-refractivity contribution >= 4 is 17.5 Å². The normalized spacial score (nSPS) is 10.5. The molecule has 0 unspecified atom stereocenters. The Kier molecular flexibility index (Phi) is 5.89. The van der Waals surface area contributed by atoms with Crippen LogP contribution in [0.1, 0.15) is 25.8 Å². The van der Waals surface area contributed by atoms with E-state index in [9.17, 15) is 4.79 Å². The maximum atomic E-state index is 11.6. The summed E-state index contributed by atoms with van der Waals surface area (Å²) in [6, 6.07) is 13.8. The van der Waals surface area contributed by atoms with Crippen LogP contribution < -0.4 is 10.6 Å². The van der Waals surface area contributed by atoms with Crippen LogP contribution in [0.3, 0.4) is 0 Å². The van der Waals surface area contributed by atoms with E-state index in [4.69, 9.17) is 0 Å². The van der Waals surface area contributed by atoms with Crippen molar-refractivity contribution in [3.63, 3.8) is 0 Å². The lowest BCUT2D eigenvalue weighted by atomic mass is 10.1. The molecule has 2 N–H and O–H groups in total. The molecular weight excluding hydrogens is 276 g/mol. The van der Waals surface area contributed by atoms with Gasteiger partial charge in [-0.05, 0) is 30.0 Å². The summed E-state index contributed by atoms with van der Waals surface area (Å²) in [5.41, 5.74) is 1.28. The predicted octanol–water partition coefficient (Wildman–Crippen LogP) is 3.12. The number of hydrogen-bond donors (Lipinski definition) is 2. The average molecular weight is 298 g/mol. The summed E-state index contributed by atoms with van der Waals surface area (Å²) in [6.45, 7) is 4.80. The van der Waals surface area contributed by atoms with E-state index in [0.717, 1.165) is 13.0 Å². The van der Waals surface area contributed by atoms with E-state index < -0.39 is 0 Å². The molecule has 0 aliphatic rings. The fraction of sp³-hybridized carbons (Fsp3) is 0.353. The Balaban J connectivity index is 1.78. The van der Waals surface area contributed by atoms with Gasteiger partial charge in [-0.15, -0.1) is 10.2 Å². The van der Waals surface area contributed by atoms with Gasteiger partial charge in [0, 0.05) is 13.0 Å². The fourth-order valence-electron chi connectivity index (χ4n) is 2.04. The molecule has 116 valence electrons. The van der Waals surface area contributed by atoms with Gasteiger partial charge in [0.25, 0.3) is 0 Å². The number of carbonyl (C=O) groups excluding carboxylic acids is 1. The summed E-state index contributed by atoms with van der Waals surface area (Å²) >= 11 is 0. The molecule has 2 aromatic rings. The van der Waals surface area contributed by atoms with E-state index in [2.05, 4.69) is 33.0 Å². The minimum absolute atomic E-state index is 0.0333. The molecule has 0 bridgehead atoms. The summed E-state index contributed by atoms with van der Waals surface area (Å²) in [4.78, 5) is 11.6. The van der Waals surface area contributed by atoms with E-state index in [0.29, 0.717) is 24.0 Å². The van der Waals surface area contributed by atoms with Crippen molar-refractivity contribution in [1.29, 1.82) is 0 Å². The minimum atomic E-state index is -0.0333. The van der Waals surface area contributed by atoms with Crippen molar-refractivity contribution in [2.75, 3.05) is 17.2 Å². The fourth-order valence-corrected chi connectivity index (χ4v) is 2.04. The quantitative estimate of drug-likeness (QED) is 0.824. The van der Waals surface area contributed by atoms with Crippen LogP contribution in [-0.2, 0) is 11.2 Å². The topological polar surface area (TPSA) is 66.9 Å². The molecule has 5 heteroatoms. The first kappa shape index (κ1) is 15.9. The van der Waals surface area contributed by atoms with Crippen LogP contribution in [0, 0.1) is 5.92 Å². The molecule has 1 aromatic carbocycles. The zero-order valence-corrected chi connectivity index (χ0v) is 13.0. The molecule has 1 aromatic heterocycles. The molecule has 0 radical (unpaired) electrons. The highest BCUT2D eigenvalue weighted by atomic mass is 16.1. The molecule has 22 heavy (non-hydrogen) atoms. The number of benzene rings is 1. The van der Waals surface area contributed by atoms with Gasteiger partial charge >= 0.3 is 0 Å². The highest BCUT2D eigenvalue weighted by Gasteiger charge is 2.06. The number of anilines is 2. The highest BCUT2D eigenvalue weighted by molar-refractivity contribution is 5.89. The van der Waals surface area contributed by atoms with Crippen LogP contribution in [0.25, 0.3) is 0 Å². The Hall–Kier alpha value is -2.43. The minimum Gasteiger partial charge on any atom is -0.368 e. The third kappa shape index (κ3) is 5.52. The molecule has 0 fully saturated rings. The third-order valence-electron chi connectivity index (χ3n) is 3.09. The number of rotatable bonds is 7. The largest absolute Gasteiger partial charge is 0.368 e. The van der Waals surface area contributed by atoms with E-state index in [1.54, 1.807) is 6.07 Å². The molecule has 1 heterocycles. The smallest absolute Gasteiger partial charge is 0.225 e. The summed E-state index contributed by atoms with van der Waals surface area (Å²) in [7, 11) is 0. The SMILES string of the molecule is CC(C)CC(=O)Nc1ccc(NCCc2ccccc2)nn1. The molecule has 0 spiro atoms. The van der Waals surface area contributed by atoms with Crippen LogP contribution >= 0.6 is 0 Å². The second kappa shape index (κ2) is 8.12. The number of nitrogens with zero attached hydrogens (tertiary/aromatic N) is 2. The average Bonchev–Trinajstić information content (AvgIpc) is 2.49. The number of carbonyl (C=O) groups is 1. The van der Waals surface area contributed by atoms with Gasteiger partial charge in [-0.2, -0.15) is 0 Å². The molecule has 0 atom stereocenters. The van der Waals surface area contributed by atoms with Crippen molar-refractivity contribution in [1.82, 2.24) is 10.2 Å². The standard InChI is InChI=1S/C17H22N4O/c1-13(2)12-17(22)19-16-9-8-15(20-21-16)18-11-10-14-6-4-3-5-7-14/h3-9,13H,10-12H2,1-2H3,(H,18,20)(H,19,21,22). The zero-order chi connectivity index (χ0) is 15.8. The Bertz CT molecular complexity index is 581. The number of aromatic nitrogens is 2. The van der Waals surface area contributed by atoms with Crippen LogP contribution in [0.5, 0.6) is 0 Å². The van der Waals surface area contributed by atoms with Crippen LogP contribution in [-0.4, -0.2) is 22.6 Å². The predicted molar refractivity (Wildman–Crippen MR) is 88.8 cm³/mol.